The molecule has 1 aliphatic rings. The molecule has 2 heterocycles. The smallest absolute Gasteiger partial charge is 0.244 e. The summed E-state index contributed by atoms with van der Waals surface area (Å²) in [6, 6.07) is 10.2. The third-order valence-electron chi connectivity index (χ3n) is 4.95. The van der Waals surface area contributed by atoms with Crippen LogP contribution >= 0.6 is 0 Å². The van der Waals surface area contributed by atoms with Gasteiger partial charge in [0.05, 0.1) is 11.8 Å². The molecular formula is C19H25N3O2. The number of benzene rings is 1. The number of likely N-dealkylation sites (tertiary alicyclic amines) is 1. The van der Waals surface area contributed by atoms with E-state index in [0.717, 1.165) is 12.0 Å². The van der Waals surface area contributed by atoms with Crippen molar-refractivity contribution in [1.82, 2.24) is 14.7 Å². The van der Waals surface area contributed by atoms with Crippen LogP contribution in [0, 0.1) is 12.8 Å². The quantitative estimate of drug-likeness (QED) is 0.935. The Morgan fingerprint density at radius 3 is 2.79 bits per heavy atom. The van der Waals surface area contributed by atoms with E-state index in [1.807, 2.05) is 43.1 Å². The number of aliphatic hydroxyl groups is 1. The zero-order valence-electron chi connectivity index (χ0n) is 14.4. The van der Waals surface area contributed by atoms with Gasteiger partial charge in [0.15, 0.2) is 0 Å². The van der Waals surface area contributed by atoms with Gasteiger partial charge in [-0.2, -0.15) is 5.10 Å². The summed E-state index contributed by atoms with van der Waals surface area (Å²) in [6.07, 6.45) is 5.01. The third-order valence-corrected chi connectivity index (χ3v) is 4.95. The Hall–Kier alpha value is -2.14. The molecule has 0 unspecified atom stereocenters. The molecule has 2 aromatic rings. The molecule has 1 amide bonds. The lowest BCUT2D eigenvalue weighted by Gasteiger charge is -2.43. The second-order valence-corrected chi connectivity index (χ2v) is 7.05. The summed E-state index contributed by atoms with van der Waals surface area (Å²) in [7, 11) is 0. The van der Waals surface area contributed by atoms with Crippen LogP contribution in [-0.4, -0.2) is 44.4 Å². The highest BCUT2D eigenvalue weighted by Crippen LogP contribution is 2.30. The van der Waals surface area contributed by atoms with Gasteiger partial charge < -0.3 is 10.0 Å². The van der Waals surface area contributed by atoms with E-state index < -0.39 is 5.60 Å². The van der Waals surface area contributed by atoms with Gasteiger partial charge in [-0.05, 0) is 37.8 Å². The minimum absolute atomic E-state index is 0.0388. The molecule has 1 aromatic heterocycles. The average Bonchev–Trinajstić information content (AvgIpc) is 2.95. The van der Waals surface area contributed by atoms with Gasteiger partial charge in [-0.1, -0.05) is 30.3 Å². The molecule has 0 aliphatic carbocycles. The number of aryl methyl sites for hydroxylation is 1. The van der Waals surface area contributed by atoms with Gasteiger partial charge in [-0.25, -0.2) is 0 Å². The predicted molar refractivity (Wildman–Crippen MR) is 92.4 cm³/mol. The number of aromatic nitrogens is 2. The Balaban J connectivity index is 1.67. The number of carbonyl (C=O) groups is 1. The molecule has 24 heavy (non-hydrogen) atoms. The van der Waals surface area contributed by atoms with E-state index in [1.165, 1.54) is 5.56 Å². The van der Waals surface area contributed by atoms with Crippen molar-refractivity contribution >= 4 is 5.91 Å². The summed E-state index contributed by atoms with van der Waals surface area (Å²) in [6.45, 7) is 5.29. The number of nitrogens with zero attached hydrogens (tertiary/aromatic N) is 3. The van der Waals surface area contributed by atoms with Crippen LogP contribution in [-0.2, 0) is 17.8 Å². The SMILES string of the molecule is Cc1cnn(CC(=O)N2CC[C@](C)(O)[C@H](Cc3ccccc3)C2)c1. The van der Waals surface area contributed by atoms with Gasteiger partial charge in [0.1, 0.15) is 6.54 Å². The summed E-state index contributed by atoms with van der Waals surface area (Å²) in [4.78, 5) is 14.4. The van der Waals surface area contributed by atoms with Gasteiger partial charge in [-0.15, -0.1) is 0 Å². The molecule has 3 rings (SSSR count). The molecule has 0 radical (unpaired) electrons. The topological polar surface area (TPSA) is 58.4 Å². The molecule has 0 bridgehead atoms. The minimum Gasteiger partial charge on any atom is -0.390 e. The van der Waals surface area contributed by atoms with Crippen LogP contribution in [0.3, 0.4) is 0 Å². The van der Waals surface area contributed by atoms with Gasteiger partial charge in [0.25, 0.3) is 0 Å². The highest BCUT2D eigenvalue weighted by molar-refractivity contribution is 5.76. The summed E-state index contributed by atoms with van der Waals surface area (Å²) < 4.78 is 1.68. The number of hydrogen-bond acceptors (Lipinski definition) is 3. The molecule has 1 aromatic carbocycles. The summed E-state index contributed by atoms with van der Waals surface area (Å²) >= 11 is 0. The van der Waals surface area contributed by atoms with E-state index in [9.17, 15) is 9.90 Å². The fraction of sp³-hybridized carbons (Fsp3) is 0.474. The van der Waals surface area contributed by atoms with E-state index >= 15 is 0 Å². The van der Waals surface area contributed by atoms with Crippen LogP contribution in [0.1, 0.15) is 24.5 Å². The van der Waals surface area contributed by atoms with Crippen molar-refractivity contribution in [3.63, 3.8) is 0 Å². The van der Waals surface area contributed by atoms with Crippen molar-refractivity contribution in [3.05, 3.63) is 53.9 Å². The highest BCUT2D eigenvalue weighted by atomic mass is 16.3. The van der Waals surface area contributed by atoms with Crippen molar-refractivity contribution < 1.29 is 9.90 Å². The van der Waals surface area contributed by atoms with Crippen LogP contribution in [0.25, 0.3) is 0 Å². The van der Waals surface area contributed by atoms with Gasteiger partial charge >= 0.3 is 0 Å². The van der Waals surface area contributed by atoms with Crippen molar-refractivity contribution in [3.8, 4) is 0 Å². The predicted octanol–water partition coefficient (Wildman–Crippen LogP) is 2.03. The maximum atomic E-state index is 12.6. The number of carbonyl (C=O) groups excluding carboxylic acids is 1. The first-order chi connectivity index (χ1) is 11.4. The minimum atomic E-state index is -0.741. The average molecular weight is 327 g/mol. The molecule has 0 spiro atoms. The van der Waals surface area contributed by atoms with Gasteiger partial charge in [0.2, 0.25) is 5.91 Å². The fourth-order valence-corrected chi connectivity index (χ4v) is 3.32. The second-order valence-electron chi connectivity index (χ2n) is 7.05. The molecule has 1 aliphatic heterocycles. The fourth-order valence-electron chi connectivity index (χ4n) is 3.32. The Kier molecular flexibility index (Phi) is 4.71. The molecular weight excluding hydrogens is 302 g/mol. The first-order valence-corrected chi connectivity index (χ1v) is 8.47. The Bertz CT molecular complexity index is 694. The number of rotatable bonds is 4. The van der Waals surface area contributed by atoms with Gasteiger partial charge in [-0.3, -0.25) is 9.48 Å². The van der Waals surface area contributed by atoms with Crippen LogP contribution in [0.15, 0.2) is 42.7 Å². The molecule has 5 nitrogen and oxygen atoms in total. The zero-order chi connectivity index (χ0) is 17.2. The number of amides is 1. The normalized spacial score (nSPS) is 24.1. The zero-order valence-corrected chi connectivity index (χ0v) is 14.4. The van der Waals surface area contributed by atoms with Crippen molar-refractivity contribution in [2.45, 2.75) is 38.8 Å². The van der Waals surface area contributed by atoms with Crippen LogP contribution in [0.2, 0.25) is 0 Å². The lowest BCUT2D eigenvalue weighted by atomic mass is 9.79. The highest BCUT2D eigenvalue weighted by Gasteiger charge is 2.38. The van der Waals surface area contributed by atoms with Crippen molar-refractivity contribution in [2.75, 3.05) is 13.1 Å². The van der Waals surface area contributed by atoms with Gasteiger partial charge in [0, 0.05) is 25.2 Å². The largest absolute Gasteiger partial charge is 0.390 e. The standard InChI is InChI=1S/C19H25N3O2/c1-15-11-20-22(12-15)14-18(23)21-9-8-19(2,24)17(13-21)10-16-6-4-3-5-7-16/h3-7,11-12,17,24H,8-10,13-14H2,1-2H3/t17-,19+/m1/s1. The second kappa shape index (κ2) is 6.77. The maximum absolute atomic E-state index is 12.6. The van der Waals surface area contributed by atoms with E-state index in [2.05, 4.69) is 17.2 Å². The molecule has 1 fully saturated rings. The maximum Gasteiger partial charge on any atom is 0.244 e. The molecule has 5 heteroatoms. The lowest BCUT2D eigenvalue weighted by molar-refractivity contribution is -0.139. The lowest BCUT2D eigenvalue weighted by Crippen LogP contribution is -2.53. The van der Waals surface area contributed by atoms with E-state index in [0.29, 0.717) is 19.5 Å². The van der Waals surface area contributed by atoms with Crippen molar-refractivity contribution in [2.24, 2.45) is 5.92 Å². The van der Waals surface area contributed by atoms with E-state index in [-0.39, 0.29) is 18.4 Å². The summed E-state index contributed by atoms with van der Waals surface area (Å²) in [5.74, 6) is 0.101. The van der Waals surface area contributed by atoms with E-state index in [1.54, 1.807) is 10.9 Å². The molecule has 2 atom stereocenters. The number of hydrogen-bond donors (Lipinski definition) is 1. The van der Waals surface area contributed by atoms with Crippen molar-refractivity contribution in [1.29, 1.82) is 0 Å². The molecule has 1 N–H and O–H groups in total. The van der Waals surface area contributed by atoms with Crippen LogP contribution < -0.4 is 0 Å². The molecule has 128 valence electrons. The Labute approximate surface area is 142 Å². The summed E-state index contributed by atoms with van der Waals surface area (Å²) in [5, 5.41) is 14.9. The number of piperidine rings is 1. The van der Waals surface area contributed by atoms with Crippen LogP contribution in [0.5, 0.6) is 0 Å². The summed E-state index contributed by atoms with van der Waals surface area (Å²) in [5.41, 5.74) is 1.50. The molecule has 0 saturated carbocycles. The van der Waals surface area contributed by atoms with Crippen LogP contribution in [0.4, 0.5) is 0 Å². The third kappa shape index (κ3) is 3.85. The van der Waals surface area contributed by atoms with E-state index in [4.69, 9.17) is 0 Å². The Morgan fingerprint density at radius 1 is 1.38 bits per heavy atom. The first-order valence-electron chi connectivity index (χ1n) is 8.47. The molecule has 1 saturated heterocycles. The monoisotopic (exact) mass is 327 g/mol. The Morgan fingerprint density at radius 2 is 2.12 bits per heavy atom. The first kappa shape index (κ1) is 16.7.